The van der Waals surface area contributed by atoms with Gasteiger partial charge in [0.05, 0.1) is 30.8 Å². The third-order valence-electron chi connectivity index (χ3n) is 6.21. The van der Waals surface area contributed by atoms with Crippen LogP contribution in [-0.4, -0.2) is 35.1 Å². The Morgan fingerprint density at radius 3 is 2.05 bits per heavy atom. The summed E-state index contributed by atoms with van der Waals surface area (Å²) in [5.41, 5.74) is 3.52. The van der Waals surface area contributed by atoms with E-state index in [1.165, 1.54) is 38.0 Å². The predicted octanol–water partition coefficient (Wildman–Crippen LogP) is 5.38. The number of methoxy groups -OCH3 is 2. The van der Waals surface area contributed by atoms with Crippen LogP contribution in [0.1, 0.15) is 50.4 Å². The van der Waals surface area contributed by atoms with Gasteiger partial charge in [-0.15, -0.1) is 0 Å². The third-order valence-corrected chi connectivity index (χ3v) is 7.98. The van der Waals surface area contributed by atoms with Crippen LogP contribution in [0.2, 0.25) is 0 Å². The largest absolute Gasteiger partial charge is 0.493 e. The Balaban J connectivity index is 1.89. The molecule has 37 heavy (non-hydrogen) atoms. The molecule has 7 nitrogen and oxygen atoms in total. The lowest BCUT2D eigenvalue weighted by molar-refractivity contribution is -0.120. The van der Waals surface area contributed by atoms with Crippen molar-refractivity contribution in [2.45, 2.75) is 51.0 Å². The average molecular weight is 525 g/mol. The first-order chi connectivity index (χ1) is 17.4. The Kier molecular flexibility index (Phi) is 8.53. The number of amides is 1. The van der Waals surface area contributed by atoms with Gasteiger partial charge in [-0.05, 0) is 54.7 Å². The Bertz CT molecular complexity index is 1330. The zero-order chi connectivity index (χ0) is 27.4. The van der Waals surface area contributed by atoms with Gasteiger partial charge in [-0.3, -0.25) is 9.10 Å². The van der Waals surface area contributed by atoms with E-state index in [0.717, 1.165) is 15.4 Å². The maximum absolute atomic E-state index is 13.8. The van der Waals surface area contributed by atoms with Crippen LogP contribution in [0.25, 0.3) is 0 Å². The zero-order valence-corrected chi connectivity index (χ0v) is 23.3. The van der Waals surface area contributed by atoms with E-state index in [1.807, 2.05) is 38.1 Å². The second-order valence-electron chi connectivity index (χ2n) is 10.0. The van der Waals surface area contributed by atoms with Crippen molar-refractivity contribution in [3.8, 4) is 11.5 Å². The number of hydrogen-bond donors (Lipinski definition) is 1. The number of nitrogens with zero attached hydrogens (tertiary/aromatic N) is 1. The number of aryl methyl sites for hydroxylation is 1. The van der Waals surface area contributed by atoms with Crippen LogP contribution >= 0.6 is 0 Å². The first-order valence-corrected chi connectivity index (χ1v) is 13.5. The Labute approximate surface area is 220 Å². The molecule has 198 valence electrons. The number of carbonyl (C=O) groups is 1. The van der Waals surface area contributed by atoms with Crippen molar-refractivity contribution < 1.29 is 22.7 Å². The number of anilines is 1. The maximum Gasteiger partial charge on any atom is 0.264 e. The van der Waals surface area contributed by atoms with Crippen LogP contribution in [0.3, 0.4) is 0 Å². The lowest BCUT2D eigenvalue weighted by atomic mass is 9.86. The van der Waals surface area contributed by atoms with E-state index in [0.29, 0.717) is 11.4 Å². The Morgan fingerprint density at radius 1 is 0.919 bits per heavy atom. The fraction of sp³-hybridized carbons (Fsp3) is 0.345. The molecular formula is C29H36N2O5S. The fourth-order valence-corrected chi connectivity index (χ4v) is 5.34. The van der Waals surface area contributed by atoms with E-state index >= 15 is 0 Å². The summed E-state index contributed by atoms with van der Waals surface area (Å²) in [4.78, 5) is 13.1. The van der Waals surface area contributed by atoms with E-state index in [-0.39, 0.29) is 28.6 Å². The van der Waals surface area contributed by atoms with Gasteiger partial charge in [-0.2, -0.15) is 0 Å². The monoisotopic (exact) mass is 524 g/mol. The number of ether oxygens (including phenoxy) is 2. The van der Waals surface area contributed by atoms with Gasteiger partial charge in [0.15, 0.2) is 11.5 Å². The van der Waals surface area contributed by atoms with Gasteiger partial charge in [-0.25, -0.2) is 8.42 Å². The van der Waals surface area contributed by atoms with Gasteiger partial charge in [-0.1, -0.05) is 62.7 Å². The van der Waals surface area contributed by atoms with Gasteiger partial charge >= 0.3 is 0 Å². The second-order valence-corrected chi connectivity index (χ2v) is 11.9. The summed E-state index contributed by atoms with van der Waals surface area (Å²) in [5.74, 6) is 0.272. The van der Waals surface area contributed by atoms with Crippen LogP contribution in [0.15, 0.2) is 71.6 Å². The van der Waals surface area contributed by atoms with E-state index in [9.17, 15) is 13.2 Å². The van der Waals surface area contributed by atoms with Crippen molar-refractivity contribution in [3.63, 3.8) is 0 Å². The molecule has 0 bridgehead atoms. The van der Waals surface area contributed by atoms with E-state index in [1.54, 1.807) is 12.1 Å². The van der Waals surface area contributed by atoms with Crippen LogP contribution in [0.5, 0.6) is 11.5 Å². The molecule has 1 amide bonds. The van der Waals surface area contributed by atoms with Crippen molar-refractivity contribution in [1.29, 1.82) is 0 Å². The molecule has 0 radical (unpaired) electrons. The first kappa shape index (κ1) is 28.1. The van der Waals surface area contributed by atoms with Gasteiger partial charge in [0, 0.05) is 6.07 Å². The van der Waals surface area contributed by atoms with Crippen LogP contribution in [-0.2, 0) is 20.2 Å². The molecule has 0 saturated carbocycles. The molecule has 0 aliphatic rings. The number of rotatable bonds is 9. The number of hydrogen-bond acceptors (Lipinski definition) is 5. The normalized spacial score (nSPS) is 12.5. The van der Waals surface area contributed by atoms with Crippen LogP contribution in [0, 0.1) is 6.92 Å². The second kappa shape index (κ2) is 11.3. The van der Waals surface area contributed by atoms with Gasteiger partial charge < -0.3 is 14.8 Å². The van der Waals surface area contributed by atoms with Crippen molar-refractivity contribution in [2.24, 2.45) is 0 Å². The molecule has 1 N–H and O–H groups in total. The van der Waals surface area contributed by atoms with E-state index in [2.05, 4.69) is 38.2 Å². The van der Waals surface area contributed by atoms with Crippen LogP contribution < -0.4 is 19.1 Å². The molecule has 0 heterocycles. The molecule has 0 saturated heterocycles. The average Bonchev–Trinajstić information content (AvgIpc) is 2.86. The summed E-state index contributed by atoms with van der Waals surface area (Å²) in [6.45, 7) is 9.84. The van der Waals surface area contributed by atoms with E-state index in [4.69, 9.17) is 9.47 Å². The van der Waals surface area contributed by atoms with Gasteiger partial charge in [0.25, 0.3) is 10.0 Å². The minimum absolute atomic E-state index is 0.00987. The van der Waals surface area contributed by atoms with Gasteiger partial charge in [0.1, 0.15) is 6.54 Å². The molecule has 0 aromatic heterocycles. The quantitative estimate of drug-likeness (QED) is 0.406. The summed E-state index contributed by atoms with van der Waals surface area (Å²) in [6, 6.07) is 19.2. The van der Waals surface area contributed by atoms with Crippen molar-refractivity contribution >= 4 is 21.6 Å². The highest BCUT2D eigenvalue weighted by atomic mass is 32.2. The molecule has 8 heteroatoms. The molecular weight excluding hydrogens is 488 g/mol. The molecule has 0 unspecified atom stereocenters. The first-order valence-electron chi connectivity index (χ1n) is 12.1. The standard InChI is InChI=1S/C29H36N2O5S/c1-20-8-14-24(15-9-20)31(37(33,34)25-16-17-26(35-6)27(18-25)36-7)19-28(32)30-21(2)22-10-12-23(13-11-22)29(3,4)5/h8-18,21H,19H2,1-7H3,(H,30,32)/t21-/m1/s1. The Morgan fingerprint density at radius 2 is 1.51 bits per heavy atom. The molecule has 3 aromatic carbocycles. The molecule has 0 aliphatic heterocycles. The number of carbonyl (C=O) groups excluding carboxylic acids is 1. The minimum atomic E-state index is -4.11. The summed E-state index contributed by atoms with van der Waals surface area (Å²) >= 11 is 0. The number of sulfonamides is 1. The lowest BCUT2D eigenvalue weighted by Gasteiger charge is -2.26. The number of nitrogens with one attached hydrogen (secondary N) is 1. The minimum Gasteiger partial charge on any atom is -0.493 e. The predicted molar refractivity (Wildman–Crippen MR) is 147 cm³/mol. The SMILES string of the molecule is COc1ccc(S(=O)(=O)N(CC(=O)N[C@H](C)c2ccc(C(C)(C)C)cc2)c2ccc(C)cc2)cc1OC. The fourth-order valence-electron chi connectivity index (χ4n) is 3.90. The highest BCUT2D eigenvalue weighted by Gasteiger charge is 2.29. The van der Waals surface area contributed by atoms with E-state index < -0.39 is 15.9 Å². The lowest BCUT2D eigenvalue weighted by Crippen LogP contribution is -2.41. The summed E-state index contributed by atoms with van der Waals surface area (Å²) in [7, 11) is -1.19. The summed E-state index contributed by atoms with van der Waals surface area (Å²) < 4.78 is 39.2. The Hall–Kier alpha value is -3.52. The van der Waals surface area contributed by atoms with Crippen molar-refractivity contribution in [1.82, 2.24) is 5.32 Å². The number of benzene rings is 3. The molecule has 0 fully saturated rings. The van der Waals surface area contributed by atoms with Crippen molar-refractivity contribution in [3.05, 3.63) is 83.4 Å². The molecule has 3 aromatic rings. The summed E-state index contributed by atoms with van der Waals surface area (Å²) in [5, 5.41) is 2.94. The highest BCUT2D eigenvalue weighted by molar-refractivity contribution is 7.92. The summed E-state index contributed by atoms with van der Waals surface area (Å²) in [6.07, 6.45) is 0. The third kappa shape index (κ3) is 6.63. The zero-order valence-electron chi connectivity index (χ0n) is 22.5. The van der Waals surface area contributed by atoms with Gasteiger partial charge in [0.2, 0.25) is 5.91 Å². The highest BCUT2D eigenvalue weighted by Crippen LogP contribution is 2.32. The van der Waals surface area contributed by atoms with Crippen molar-refractivity contribution in [2.75, 3.05) is 25.1 Å². The molecule has 1 atom stereocenters. The molecule has 3 rings (SSSR count). The molecule has 0 spiro atoms. The van der Waals surface area contributed by atoms with Crippen LogP contribution in [0.4, 0.5) is 5.69 Å². The maximum atomic E-state index is 13.8. The molecule has 0 aliphatic carbocycles. The smallest absolute Gasteiger partial charge is 0.264 e. The topological polar surface area (TPSA) is 84.9 Å².